The summed E-state index contributed by atoms with van der Waals surface area (Å²) in [4.78, 5) is 20.1. The minimum Gasteiger partial charge on any atom is -0.476 e. The Morgan fingerprint density at radius 1 is 1.33 bits per heavy atom. The van der Waals surface area contributed by atoms with Gasteiger partial charge in [0.05, 0.1) is 25.6 Å². The molecule has 9 heteroatoms. The number of ether oxygens (including phenoxy) is 2. The van der Waals surface area contributed by atoms with Crippen LogP contribution in [0.15, 0.2) is 12.4 Å². The van der Waals surface area contributed by atoms with Gasteiger partial charge in [0.15, 0.2) is 5.69 Å². The van der Waals surface area contributed by atoms with Crippen LogP contribution in [0.25, 0.3) is 0 Å². The Morgan fingerprint density at radius 3 is 2.71 bits per heavy atom. The average molecular weight is 292 g/mol. The van der Waals surface area contributed by atoms with E-state index in [1.54, 1.807) is 7.05 Å². The van der Waals surface area contributed by atoms with Crippen LogP contribution in [0.4, 0.5) is 5.69 Å². The van der Waals surface area contributed by atoms with Gasteiger partial charge < -0.3 is 14.8 Å². The number of aryl methyl sites for hydroxylation is 1. The molecule has 1 amide bonds. The summed E-state index contributed by atoms with van der Waals surface area (Å²) in [6, 6.07) is 0.193. The van der Waals surface area contributed by atoms with Crippen LogP contribution < -0.4 is 14.8 Å². The Labute approximate surface area is 121 Å². The number of carbonyl (C=O) groups is 1. The number of rotatable bonds is 6. The summed E-state index contributed by atoms with van der Waals surface area (Å²) in [6.07, 6.45) is 2.93. The molecule has 0 aliphatic carbocycles. The van der Waals surface area contributed by atoms with Gasteiger partial charge in [-0.3, -0.25) is 9.48 Å². The van der Waals surface area contributed by atoms with Crippen molar-refractivity contribution in [2.75, 3.05) is 18.5 Å². The Morgan fingerprint density at radius 2 is 2.10 bits per heavy atom. The van der Waals surface area contributed by atoms with Crippen molar-refractivity contribution in [3.05, 3.63) is 18.1 Å². The van der Waals surface area contributed by atoms with E-state index in [9.17, 15) is 4.79 Å². The third kappa shape index (κ3) is 3.65. The summed E-state index contributed by atoms with van der Waals surface area (Å²) in [5, 5.41) is 10.1. The Hall–Kier alpha value is -2.71. The first kappa shape index (κ1) is 14.7. The SMILES string of the molecule is CCOc1ncc(NC(=O)c2cn(C)nn2)c(OCC)n1. The van der Waals surface area contributed by atoms with E-state index in [0.717, 1.165) is 0 Å². The molecule has 0 atom stereocenters. The molecule has 0 saturated carbocycles. The molecule has 0 aliphatic heterocycles. The van der Waals surface area contributed by atoms with E-state index in [2.05, 4.69) is 25.6 Å². The van der Waals surface area contributed by atoms with Gasteiger partial charge in [0.1, 0.15) is 5.69 Å². The normalized spacial score (nSPS) is 10.2. The summed E-state index contributed by atoms with van der Waals surface area (Å²) in [5.41, 5.74) is 0.532. The van der Waals surface area contributed by atoms with Gasteiger partial charge in [-0.2, -0.15) is 4.98 Å². The molecule has 2 aromatic heterocycles. The first-order chi connectivity index (χ1) is 10.1. The van der Waals surface area contributed by atoms with Crippen LogP contribution in [0.1, 0.15) is 24.3 Å². The van der Waals surface area contributed by atoms with Crippen molar-refractivity contribution < 1.29 is 14.3 Å². The molecule has 0 saturated heterocycles. The summed E-state index contributed by atoms with van der Waals surface area (Å²) in [7, 11) is 1.68. The van der Waals surface area contributed by atoms with Crippen LogP contribution in [0.2, 0.25) is 0 Å². The van der Waals surface area contributed by atoms with Crippen LogP contribution >= 0.6 is 0 Å². The van der Waals surface area contributed by atoms with E-state index in [-0.39, 0.29) is 17.6 Å². The molecule has 0 aromatic carbocycles. The number of nitrogens with zero attached hydrogens (tertiary/aromatic N) is 5. The Bertz CT molecular complexity index is 627. The summed E-state index contributed by atoms with van der Waals surface area (Å²) < 4.78 is 12.0. The molecule has 0 unspecified atom stereocenters. The van der Waals surface area contributed by atoms with Crippen LogP contribution in [-0.2, 0) is 7.05 Å². The molecule has 112 valence electrons. The third-order valence-corrected chi connectivity index (χ3v) is 2.37. The second kappa shape index (κ2) is 6.64. The molecule has 2 rings (SSSR count). The standard InChI is InChI=1S/C12H16N6O3/c1-4-20-11-8(6-13-12(15-11)21-5-2)14-10(19)9-7-18(3)17-16-9/h6-7H,4-5H2,1-3H3,(H,14,19). The fraction of sp³-hybridized carbons (Fsp3) is 0.417. The van der Waals surface area contributed by atoms with Gasteiger partial charge >= 0.3 is 6.01 Å². The molecule has 1 N–H and O–H groups in total. The topological polar surface area (TPSA) is 104 Å². The van der Waals surface area contributed by atoms with Crippen molar-refractivity contribution in [2.24, 2.45) is 7.05 Å². The van der Waals surface area contributed by atoms with Gasteiger partial charge in [-0.05, 0) is 13.8 Å². The molecule has 2 heterocycles. The van der Waals surface area contributed by atoms with Gasteiger partial charge in [0.25, 0.3) is 5.91 Å². The largest absolute Gasteiger partial charge is 0.476 e. The van der Waals surface area contributed by atoms with Crippen molar-refractivity contribution in [3.63, 3.8) is 0 Å². The van der Waals surface area contributed by atoms with Gasteiger partial charge in [0, 0.05) is 7.05 Å². The molecule has 0 bridgehead atoms. The third-order valence-electron chi connectivity index (χ3n) is 2.37. The van der Waals surface area contributed by atoms with Crippen molar-refractivity contribution in [1.29, 1.82) is 0 Å². The van der Waals surface area contributed by atoms with Crippen LogP contribution in [-0.4, -0.2) is 44.1 Å². The van der Waals surface area contributed by atoms with Gasteiger partial charge in [-0.1, -0.05) is 5.21 Å². The van der Waals surface area contributed by atoms with Crippen LogP contribution in [0.3, 0.4) is 0 Å². The van der Waals surface area contributed by atoms with Crippen molar-refractivity contribution in [1.82, 2.24) is 25.0 Å². The number of hydrogen-bond acceptors (Lipinski definition) is 7. The van der Waals surface area contributed by atoms with E-state index >= 15 is 0 Å². The first-order valence-electron chi connectivity index (χ1n) is 6.44. The molecule has 2 aromatic rings. The summed E-state index contributed by atoms with van der Waals surface area (Å²) in [6.45, 7) is 4.48. The van der Waals surface area contributed by atoms with Crippen molar-refractivity contribution >= 4 is 11.6 Å². The van der Waals surface area contributed by atoms with E-state index in [4.69, 9.17) is 9.47 Å². The van der Waals surface area contributed by atoms with Gasteiger partial charge in [-0.25, -0.2) is 4.98 Å². The number of nitrogens with one attached hydrogen (secondary N) is 1. The molecular formula is C12H16N6O3. The van der Waals surface area contributed by atoms with Crippen LogP contribution in [0.5, 0.6) is 11.9 Å². The predicted molar refractivity (Wildman–Crippen MR) is 73.3 cm³/mol. The number of anilines is 1. The van der Waals surface area contributed by atoms with Crippen molar-refractivity contribution in [3.8, 4) is 11.9 Å². The maximum absolute atomic E-state index is 12.0. The fourth-order valence-corrected chi connectivity index (χ4v) is 1.52. The number of hydrogen-bond donors (Lipinski definition) is 1. The lowest BCUT2D eigenvalue weighted by atomic mass is 10.4. The summed E-state index contributed by atoms with van der Waals surface area (Å²) in [5.74, 6) is -0.176. The Kier molecular flexibility index (Phi) is 4.64. The molecule has 9 nitrogen and oxygen atoms in total. The molecule has 21 heavy (non-hydrogen) atoms. The number of aromatic nitrogens is 5. The van der Waals surface area contributed by atoms with Gasteiger partial charge in [-0.15, -0.1) is 5.10 Å². The van der Waals surface area contributed by atoms with E-state index < -0.39 is 5.91 Å². The molecule has 0 fully saturated rings. The maximum atomic E-state index is 12.0. The lowest BCUT2D eigenvalue weighted by Gasteiger charge is -2.10. The number of amides is 1. The molecule has 0 aliphatic rings. The smallest absolute Gasteiger partial charge is 0.319 e. The molecule has 0 spiro atoms. The predicted octanol–water partition coefficient (Wildman–Crippen LogP) is 0.655. The zero-order chi connectivity index (χ0) is 15.2. The molecular weight excluding hydrogens is 276 g/mol. The fourth-order valence-electron chi connectivity index (χ4n) is 1.52. The lowest BCUT2D eigenvalue weighted by Crippen LogP contribution is -2.14. The zero-order valence-electron chi connectivity index (χ0n) is 12.0. The summed E-state index contributed by atoms with van der Waals surface area (Å²) >= 11 is 0. The highest BCUT2D eigenvalue weighted by atomic mass is 16.5. The highest BCUT2D eigenvalue weighted by Crippen LogP contribution is 2.23. The lowest BCUT2D eigenvalue weighted by molar-refractivity contribution is 0.102. The second-order valence-corrected chi connectivity index (χ2v) is 3.97. The highest BCUT2D eigenvalue weighted by Gasteiger charge is 2.15. The number of carbonyl (C=O) groups excluding carboxylic acids is 1. The quantitative estimate of drug-likeness (QED) is 0.833. The molecule has 0 radical (unpaired) electrons. The minimum atomic E-state index is -0.420. The van der Waals surface area contributed by atoms with Gasteiger partial charge in [0.2, 0.25) is 5.88 Å². The first-order valence-corrected chi connectivity index (χ1v) is 6.44. The van der Waals surface area contributed by atoms with E-state index in [1.165, 1.54) is 17.1 Å². The highest BCUT2D eigenvalue weighted by molar-refractivity contribution is 6.03. The maximum Gasteiger partial charge on any atom is 0.319 e. The monoisotopic (exact) mass is 292 g/mol. The Balaban J connectivity index is 2.20. The minimum absolute atomic E-state index is 0.189. The van der Waals surface area contributed by atoms with E-state index in [0.29, 0.717) is 18.9 Å². The van der Waals surface area contributed by atoms with Crippen molar-refractivity contribution in [2.45, 2.75) is 13.8 Å². The van der Waals surface area contributed by atoms with Crippen LogP contribution in [0, 0.1) is 0 Å². The zero-order valence-corrected chi connectivity index (χ0v) is 12.0. The second-order valence-electron chi connectivity index (χ2n) is 3.97. The average Bonchev–Trinajstić information content (AvgIpc) is 2.89. The van der Waals surface area contributed by atoms with E-state index in [1.807, 2.05) is 13.8 Å².